The first-order chi connectivity index (χ1) is 11.2. The highest BCUT2D eigenvalue weighted by atomic mass is 35.5. The maximum atomic E-state index is 6.48. The largest absolute Gasteiger partial charge is 0.496 e. The minimum absolute atomic E-state index is 0.148. The summed E-state index contributed by atoms with van der Waals surface area (Å²) in [5, 5.41) is 5.12. The molecule has 4 heteroatoms. The van der Waals surface area contributed by atoms with Gasteiger partial charge in [-0.15, -0.1) is 0 Å². The van der Waals surface area contributed by atoms with Crippen LogP contribution in [0.4, 0.5) is 5.69 Å². The summed E-state index contributed by atoms with van der Waals surface area (Å²) in [6, 6.07) is 12.1. The third-order valence-electron chi connectivity index (χ3n) is 4.89. The Kier molecular flexibility index (Phi) is 3.74. The fourth-order valence-electron chi connectivity index (χ4n) is 3.86. The van der Waals surface area contributed by atoms with Crippen LogP contribution in [-0.4, -0.2) is 7.11 Å². The molecule has 1 aliphatic heterocycles. The van der Waals surface area contributed by atoms with Crippen molar-refractivity contribution in [3.05, 3.63) is 69.7 Å². The lowest BCUT2D eigenvalue weighted by molar-refractivity contribution is 0.381. The number of para-hydroxylation sites is 1. The van der Waals surface area contributed by atoms with Gasteiger partial charge in [0.25, 0.3) is 0 Å². The van der Waals surface area contributed by atoms with Gasteiger partial charge in [0.15, 0.2) is 0 Å². The highest BCUT2D eigenvalue weighted by Gasteiger charge is 2.40. The fourth-order valence-corrected chi connectivity index (χ4v) is 4.36. The molecule has 0 saturated carbocycles. The van der Waals surface area contributed by atoms with E-state index in [1.54, 1.807) is 7.11 Å². The maximum Gasteiger partial charge on any atom is 0.124 e. The molecule has 0 saturated heterocycles. The summed E-state index contributed by atoms with van der Waals surface area (Å²) < 4.78 is 5.57. The molecule has 0 bridgehead atoms. The van der Waals surface area contributed by atoms with Crippen molar-refractivity contribution >= 4 is 28.9 Å². The Labute approximate surface area is 146 Å². The van der Waals surface area contributed by atoms with Crippen LogP contribution in [0, 0.1) is 5.92 Å². The van der Waals surface area contributed by atoms with E-state index in [9.17, 15) is 0 Å². The fraction of sp³-hybridized carbons (Fsp3) is 0.263. The summed E-state index contributed by atoms with van der Waals surface area (Å²) in [7, 11) is 1.71. The summed E-state index contributed by atoms with van der Waals surface area (Å²) in [5.74, 6) is 1.60. The number of nitrogens with one attached hydrogen (secondary N) is 1. The number of methoxy groups -OCH3 is 1. The predicted octanol–water partition coefficient (Wildman–Crippen LogP) is 5.83. The summed E-state index contributed by atoms with van der Waals surface area (Å²) in [5.41, 5.74) is 3.22. The Morgan fingerprint density at radius 1 is 1.09 bits per heavy atom. The van der Waals surface area contributed by atoms with Crippen LogP contribution < -0.4 is 10.1 Å². The van der Waals surface area contributed by atoms with E-state index in [0.717, 1.165) is 34.0 Å². The number of benzene rings is 2. The van der Waals surface area contributed by atoms with Gasteiger partial charge in [-0.05, 0) is 30.5 Å². The van der Waals surface area contributed by atoms with E-state index in [-0.39, 0.29) is 12.0 Å². The molecule has 3 atom stereocenters. The third-order valence-corrected chi connectivity index (χ3v) is 5.53. The van der Waals surface area contributed by atoms with Crippen molar-refractivity contribution in [1.29, 1.82) is 0 Å². The van der Waals surface area contributed by atoms with Gasteiger partial charge in [0, 0.05) is 22.1 Å². The Hall–Kier alpha value is -1.64. The lowest BCUT2D eigenvalue weighted by atomic mass is 9.77. The first-order valence-electron chi connectivity index (χ1n) is 7.74. The van der Waals surface area contributed by atoms with E-state index < -0.39 is 0 Å². The van der Waals surface area contributed by atoms with Crippen LogP contribution in [0.1, 0.15) is 29.5 Å². The van der Waals surface area contributed by atoms with E-state index in [0.29, 0.717) is 10.9 Å². The maximum absolute atomic E-state index is 6.48. The molecule has 0 amide bonds. The summed E-state index contributed by atoms with van der Waals surface area (Å²) in [4.78, 5) is 0. The van der Waals surface area contributed by atoms with Gasteiger partial charge in [-0.1, -0.05) is 53.6 Å². The molecule has 0 unspecified atom stereocenters. The first-order valence-corrected chi connectivity index (χ1v) is 8.50. The average molecular weight is 346 g/mol. The van der Waals surface area contributed by atoms with Crippen molar-refractivity contribution < 1.29 is 4.74 Å². The smallest absolute Gasteiger partial charge is 0.124 e. The molecule has 0 fully saturated rings. The van der Waals surface area contributed by atoms with Crippen molar-refractivity contribution in [1.82, 2.24) is 0 Å². The zero-order chi connectivity index (χ0) is 16.0. The minimum Gasteiger partial charge on any atom is -0.496 e. The van der Waals surface area contributed by atoms with E-state index in [1.165, 1.54) is 0 Å². The highest BCUT2D eigenvalue weighted by molar-refractivity contribution is 6.36. The molecule has 2 aromatic rings. The molecule has 2 aromatic carbocycles. The second kappa shape index (κ2) is 5.77. The van der Waals surface area contributed by atoms with Gasteiger partial charge in [-0.2, -0.15) is 0 Å². The van der Waals surface area contributed by atoms with Crippen molar-refractivity contribution in [2.24, 2.45) is 5.92 Å². The standard InChI is InChI=1S/C19H17Cl2NO/c1-23-16-8-3-2-5-13(16)18-12-7-4-6-11(12)17-14(20)9-10-15(21)19(17)22-18/h2-6,8-12,18,22H,7H2,1H3/t11-,12-,18+/m0/s1. The van der Waals surface area contributed by atoms with Gasteiger partial charge in [0.2, 0.25) is 0 Å². The molecule has 4 rings (SSSR count). The van der Waals surface area contributed by atoms with Crippen molar-refractivity contribution in [3.8, 4) is 5.75 Å². The SMILES string of the molecule is COc1ccccc1[C@@H]1Nc2c(Cl)ccc(Cl)c2[C@H]2C=CC[C@@H]21. The number of ether oxygens (including phenoxy) is 1. The summed E-state index contributed by atoms with van der Waals surface area (Å²) in [6.45, 7) is 0. The van der Waals surface area contributed by atoms with Crippen LogP contribution in [0.15, 0.2) is 48.6 Å². The lowest BCUT2D eigenvalue weighted by Gasteiger charge is -2.38. The van der Waals surface area contributed by atoms with Crippen LogP contribution in [-0.2, 0) is 0 Å². The molecule has 1 heterocycles. The van der Waals surface area contributed by atoms with Crippen LogP contribution in [0.25, 0.3) is 0 Å². The van der Waals surface area contributed by atoms with Crippen molar-refractivity contribution in [2.45, 2.75) is 18.4 Å². The van der Waals surface area contributed by atoms with Crippen molar-refractivity contribution in [2.75, 3.05) is 12.4 Å². The number of fused-ring (bicyclic) bond motifs is 3. The number of allylic oxidation sites excluding steroid dienone is 2. The number of rotatable bonds is 2. The third kappa shape index (κ3) is 2.32. The molecule has 0 aromatic heterocycles. The molecule has 1 N–H and O–H groups in total. The average Bonchev–Trinajstić information content (AvgIpc) is 3.06. The van der Waals surface area contributed by atoms with Crippen molar-refractivity contribution in [3.63, 3.8) is 0 Å². The molecular weight excluding hydrogens is 329 g/mol. The number of hydrogen-bond donors (Lipinski definition) is 1. The first kappa shape index (κ1) is 14.9. The second-order valence-corrected chi connectivity index (χ2v) is 6.85. The van der Waals surface area contributed by atoms with E-state index in [2.05, 4.69) is 23.5 Å². The normalized spacial score (nSPS) is 24.7. The Morgan fingerprint density at radius 2 is 1.87 bits per heavy atom. The molecule has 0 radical (unpaired) electrons. The van der Waals surface area contributed by atoms with Gasteiger partial charge in [0.05, 0.1) is 23.9 Å². The predicted molar refractivity (Wildman–Crippen MR) is 95.8 cm³/mol. The topological polar surface area (TPSA) is 21.3 Å². The van der Waals surface area contributed by atoms with E-state index in [4.69, 9.17) is 27.9 Å². The van der Waals surface area contributed by atoms with E-state index >= 15 is 0 Å². The minimum atomic E-state index is 0.148. The van der Waals surface area contributed by atoms with Gasteiger partial charge < -0.3 is 10.1 Å². The summed E-state index contributed by atoms with van der Waals surface area (Å²) in [6.07, 6.45) is 5.52. The second-order valence-electron chi connectivity index (χ2n) is 6.04. The summed E-state index contributed by atoms with van der Waals surface area (Å²) >= 11 is 12.9. The number of halogens is 2. The Bertz CT molecular complexity index is 787. The molecule has 1 aliphatic carbocycles. The Morgan fingerprint density at radius 3 is 2.70 bits per heavy atom. The van der Waals surface area contributed by atoms with Gasteiger partial charge in [0.1, 0.15) is 5.75 Å². The molecule has 23 heavy (non-hydrogen) atoms. The van der Waals surface area contributed by atoms with Crippen LogP contribution >= 0.6 is 23.2 Å². The molecule has 0 spiro atoms. The van der Waals surface area contributed by atoms with Gasteiger partial charge in [-0.25, -0.2) is 0 Å². The highest BCUT2D eigenvalue weighted by Crippen LogP contribution is 2.54. The quantitative estimate of drug-likeness (QED) is 0.691. The van der Waals surface area contributed by atoms with Crippen LogP contribution in [0.3, 0.4) is 0 Å². The lowest BCUT2D eigenvalue weighted by Crippen LogP contribution is -2.29. The van der Waals surface area contributed by atoms with Crippen LogP contribution in [0.2, 0.25) is 10.0 Å². The van der Waals surface area contributed by atoms with Crippen LogP contribution in [0.5, 0.6) is 5.75 Å². The Balaban J connectivity index is 1.87. The zero-order valence-corrected chi connectivity index (χ0v) is 14.2. The van der Waals surface area contributed by atoms with Gasteiger partial charge >= 0.3 is 0 Å². The van der Waals surface area contributed by atoms with Gasteiger partial charge in [-0.3, -0.25) is 0 Å². The molecule has 2 aliphatic rings. The molecular formula is C19H17Cl2NO. The molecule has 118 valence electrons. The monoisotopic (exact) mass is 345 g/mol. The number of hydrogen-bond acceptors (Lipinski definition) is 2. The van der Waals surface area contributed by atoms with E-state index in [1.807, 2.05) is 30.3 Å². The zero-order valence-electron chi connectivity index (χ0n) is 12.7. The molecule has 2 nitrogen and oxygen atoms in total. The number of anilines is 1.